The topological polar surface area (TPSA) is 122 Å². The molecule has 3 heterocycles. The third-order valence-corrected chi connectivity index (χ3v) is 5.58. The standard InChI is InChI=1S/C17H21N7O2S/c1-10-19-11-4-2-3-5-13(11)24(10)9-15(26)20-12-8-23(7-6-14(12)25)17-22-21-16(18)27-17/h2-5,12,14,25H,6-9H2,1H3,(H2,18,21)(H,20,26)/t12-,14+/m1/s1. The maximum absolute atomic E-state index is 12.6. The number of nitrogens with one attached hydrogen (secondary N) is 1. The van der Waals surface area contributed by atoms with Gasteiger partial charge < -0.3 is 25.6 Å². The van der Waals surface area contributed by atoms with Crippen LogP contribution in [0.25, 0.3) is 11.0 Å². The minimum Gasteiger partial charge on any atom is -0.391 e. The number of carbonyl (C=O) groups excluding carboxylic acids is 1. The number of aliphatic hydroxyl groups excluding tert-OH is 1. The molecule has 10 heteroatoms. The van der Waals surface area contributed by atoms with Crippen molar-refractivity contribution in [3.8, 4) is 0 Å². The summed E-state index contributed by atoms with van der Waals surface area (Å²) < 4.78 is 1.88. The normalized spacial score (nSPS) is 20.1. The predicted octanol–water partition coefficient (Wildman–Crippen LogP) is 0.534. The first kappa shape index (κ1) is 17.7. The summed E-state index contributed by atoms with van der Waals surface area (Å²) in [5.74, 6) is 0.616. The van der Waals surface area contributed by atoms with E-state index in [-0.39, 0.29) is 18.5 Å². The highest BCUT2D eigenvalue weighted by atomic mass is 32.1. The van der Waals surface area contributed by atoms with Crippen molar-refractivity contribution in [3.05, 3.63) is 30.1 Å². The molecule has 9 nitrogen and oxygen atoms in total. The van der Waals surface area contributed by atoms with E-state index >= 15 is 0 Å². The number of amides is 1. The van der Waals surface area contributed by atoms with E-state index in [1.165, 1.54) is 11.3 Å². The number of aliphatic hydroxyl groups is 1. The maximum Gasteiger partial charge on any atom is 0.240 e. The molecule has 0 radical (unpaired) electrons. The molecule has 1 fully saturated rings. The maximum atomic E-state index is 12.6. The number of piperidine rings is 1. The number of imidazole rings is 1. The smallest absolute Gasteiger partial charge is 0.240 e. The number of aryl methyl sites for hydroxylation is 1. The molecule has 1 aliphatic rings. The molecular weight excluding hydrogens is 366 g/mol. The Hall–Kier alpha value is -2.72. The second kappa shape index (κ2) is 7.12. The Kier molecular flexibility index (Phi) is 4.66. The van der Waals surface area contributed by atoms with Crippen LogP contribution < -0.4 is 16.0 Å². The van der Waals surface area contributed by atoms with Crippen LogP contribution in [0.15, 0.2) is 24.3 Å². The van der Waals surface area contributed by atoms with Gasteiger partial charge >= 0.3 is 0 Å². The van der Waals surface area contributed by atoms with E-state index in [0.29, 0.717) is 29.8 Å². The van der Waals surface area contributed by atoms with Crippen LogP contribution in [0.3, 0.4) is 0 Å². The third-order valence-electron chi connectivity index (χ3n) is 4.77. The third kappa shape index (κ3) is 3.58. The molecule has 1 saturated heterocycles. The van der Waals surface area contributed by atoms with Gasteiger partial charge in [-0.25, -0.2) is 4.98 Å². The first-order valence-corrected chi connectivity index (χ1v) is 9.56. The van der Waals surface area contributed by atoms with Crippen molar-refractivity contribution >= 4 is 38.5 Å². The van der Waals surface area contributed by atoms with E-state index < -0.39 is 6.10 Å². The molecule has 1 aromatic carbocycles. The van der Waals surface area contributed by atoms with Gasteiger partial charge in [-0.05, 0) is 25.5 Å². The summed E-state index contributed by atoms with van der Waals surface area (Å²) in [6.45, 7) is 3.14. The highest BCUT2D eigenvalue weighted by molar-refractivity contribution is 7.18. The van der Waals surface area contributed by atoms with Crippen LogP contribution in [-0.2, 0) is 11.3 Å². The van der Waals surface area contributed by atoms with E-state index in [1.807, 2.05) is 40.7 Å². The Morgan fingerprint density at radius 1 is 1.41 bits per heavy atom. The van der Waals surface area contributed by atoms with Crippen molar-refractivity contribution in [1.82, 2.24) is 25.1 Å². The van der Waals surface area contributed by atoms with E-state index in [0.717, 1.165) is 16.9 Å². The number of hydrogen-bond acceptors (Lipinski definition) is 8. The molecule has 2 aromatic heterocycles. The Labute approximate surface area is 159 Å². The van der Waals surface area contributed by atoms with E-state index in [2.05, 4.69) is 20.5 Å². The van der Waals surface area contributed by atoms with Crippen LogP contribution >= 0.6 is 11.3 Å². The second-order valence-corrected chi connectivity index (χ2v) is 7.62. The van der Waals surface area contributed by atoms with Gasteiger partial charge in [0, 0.05) is 13.1 Å². The van der Waals surface area contributed by atoms with Crippen molar-refractivity contribution in [2.75, 3.05) is 23.7 Å². The molecule has 0 aliphatic carbocycles. The van der Waals surface area contributed by atoms with Crippen molar-refractivity contribution in [3.63, 3.8) is 0 Å². The molecule has 0 unspecified atom stereocenters. The van der Waals surface area contributed by atoms with Gasteiger partial charge in [0.25, 0.3) is 0 Å². The first-order chi connectivity index (χ1) is 13.0. The molecule has 1 amide bonds. The van der Waals surface area contributed by atoms with Gasteiger partial charge in [0.15, 0.2) is 0 Å². The highest BCUT2D eigenvalue weighted by Gasteiger charge is 2.30. The van der Waals surface area contributed by atoms with Gasteiger partial charge in [0.05, 0.1) is 23.2 Å². The SMILES string of the molecule is Cc1nc2ccccc2n1CC(=O)N[C@@H]1CN(c2nnc(N)s2)CC[C@@H]1O. The zero-order chi connectivity index (χ0) is 19.0. The number of nitrogen functional groups attached to an aromatic ring is 1. The number of hydrogen-bond donors (Lipinski definition) is 3. The molecular formula is C17H21N7O2S. The lowest BCUT2D eigenvalue weighted by Crippen LogP contribution is -2.55. The predicted molar refractivity (Wildman–Crippen MR) is 104 cm³/mol. The van der Waals surface area contributed by atoms with Gasteiger partial charge in [-0.1, -0.05) is 23.5 Å². The van der Waals surface area contributed by atoms with Crippen LogP contribution in [-0.4, -0.2) is 56.0 Å². The molecule has 142 valence electrons. The number of para-hydroxylation sites is 2. The summed E-state index contributed by atoms with van der Waals surface area (Å²) in [5, 5.41) is 22.3. The lowest BCUT2D eigenvalue weighted by atomic mass is 10.0. The molecule has 4 N–H and O–H groups in total. The van der Waals surface area contributed by atoms with Crippen LogP contribution in [0.4, 0.5) is 10.3 Å². The summed E-state index contributed by atoms with van der Waals surface area (Å²) in [6.07, 6.45) is -0.0617. The minimum absolute atomic E-state index is 0.154. The van der Waals surface area contributed by atoms with Gasteiger partial charge in [0.1, 0.15) is 12.4 Å². The average molecular weight is 387 g/mol. The monoisotopic (exact) mass is 387 g/mol. The zero-order valence-electron chi connectivity index (χ0n) is 14.9. The molecule has 2 atom stereocenters. The van der Waals surface area contributed by atoms with Crippen LogP contribution in [0.1, 0.15) is 12.2 Å². The van der Waals surface area contributed by atoms with Gasteiger partial charge in [0.2, 0.25) is 16.2 Å². The van der Waals surface area contributed by atoms with Crippen molar-refractivity contribution in [2.45, 2.75) is 32.0 Å². The largest absolute Gasteiger partial charge is 0.391 e. The zero-order valence-corrected chi connectivity index (χ0v) is 15.7. The van der Waals surface area contributed by atoms with Crippen molar-refractivity contribution in [2.24, 2.45) is 0 Å². The Morgan fingerprint density at radius 3 is 3.00 bits per heavy atom. The van der Waals surface area contributed by atoms with Crippen LogP contribution in [0, 0.1) is 6.92 Å². The number of nitrogens with two attached hydrogens (primary N) is 1. The molecule has 0 spiro atoms. The Bertz CT molecular complexity index is 969. The van der Waals surface area contributed by atoms with Crippen LogP contribution in [0.2, 0.25) is 0 Å². The fraction of sp³-hybridized carbons (Fsp3) is 0.412. The lowest BCUT2D eigenvalue weighted by Gasteiger charge is -2.36. The van der Waals surface area contributed by atoms with E-state index in [1.54, 1.807) is 0 Å². The fourth-order valence-electron chi connectivity index (χ4n) is 3.40. The highest BCUT2D eigenvalue weighted by Crippen LogP contribution is 2.25. The van der Waals surface area contributed by atoms with Crippen molar-refractivity contribution in [1.29, 1.82) is 0 Å². The Morgan fingerprint density at radius 2 is 2.22 bits per heavy atom. The number of fused-ring (bicyclic) bond motifs is 1. The summed E-state index contributed by atoms with van der Waals surface area (Å²) in [4.78, 5) is 19.1. The molecule has 3 aromatic rings. The van der Waals surface area contributed by atoms with E-state index in [9.17, 15) is 9.90 Å². The number of carbonyl (C=O) groups is 1. The van der Waals surface area contributed by atoms with Gasteiger partial charge in [-0.2, -0.15) is 0 Å². The average Bonchev–Trinajstić information content (AvgIpc) is 3.21. The number of nitrogens with zero attached hydrogens (tertiary/aromatic N) is 5. The molecule has 4 rings (SSSR count). The number of anilines is 2. The quantitative estimate of drug-likeness (QED) is 0.597. The minimum atomic E-state index is -0.601. The van der Waals surface area contributed by atoms with Gasteiger partial charge in [-0.3, -0.25) is 4.79 Å². The Balaban J connectivity index is 1.45. The molecule has 27 heavy (non-hydrogen) atoms. The summed E-state index contributed by atoms with van der Waals surface area (Å²) in [5.41, 5.74) is 7.43. The second-order valence-electron chi connectivity index (χ2n) is 6.63. The summed E-state index contributed by atoms with van der Waals surface area (Å²) >= 11 is 1.30. The van der Waals surface area contributed by atoms with Crippen molar-refractivity contribution < 1.29 is 9.90 Å². The van der Waals surface area contributed by atoms with Crippen LogP contribution in [0.5, 0.6) is 0 Å². The first-order valence-electron chi connectivity index (χ1n) is 8.74. The fourth-order valence-corrected chi connectivity index (χ4v) is 4.05. The van der Waals surface area contributed by atoms with Gasteiger partial charge in [-0.15, -0.1) is 10.2 Å². The summed E-state index contributed by atoms with van der Waals surface area (Å²) in [7, 11) is 0. The molecule has 0 saturated carbocycles. The molecule has 0 bridgehead atoms. The number of rotatable bonds is 4. The lowest BCUT2D eigenvalue weighted by molar-refractivity contribution is -0.123. The number of aromatic nitrogens is 4. The summed E-state index contributed by atoms with van der Waals surface area (Å²) in [6, 6.07) is 7.33. The van der Waals surface area contributed by atoms with E-state index in [4.69, 9.17) is 5.73 Å². The number of benzene rings is 1. The molecule has 1 aliphatic heterocycles.